The quantitative estimate of drug-likeness (QED) is 0.749. The topological polar surface area (TPSA) is 48.0 Å². The number of amides is 1. The van der Waals surface area contributed by atoms with Crippen LogP contribution in [0.1, 0.15) is 21.6 Å². The Morgan fingerprint density at radius 3 is 2.14 bits per heavy atom. The van der Waals surface area contributed by atoms with E-state index < -0.39 is 5.91 Å². The molecule has 0 saturated heterocycles. The van der Waals surface area contributed by atoms with Crippen molar-refractivity contribution in [3.05, 3.63) is 65.4 Å². The van der Waals surface area contributed by atoms with Crippen molar-refractivity contribution in [2.45, 2.75) is 13.8 Å². The SMILES string of the molecule is Cc1cc(C)cc(-n2c(C(N)=O)cc3ccccc32)c1.Cl.Cl. The van der Waals surface area contributed by atoms with Gasteiger partial charge in [0.2, 0.25) is 0 Å². The summed E-state index contributed by atoms with van der Waals surface area (Å²) in [4.78, 5) is 11.7. The molecule has 0 atom stereocenters. The molecule has 116 valence electrons. The highest BCUT2D eigenvalue weighted by Gasteiger charge is 2.14. The minimum Gasteiger partial charge on any atom is -0.364 e. The summed E-state index contributed by atoms with van der Waals surface area (Å²) in [6.45, 7) is 4.10. The number of fused-ring (bicyclic) bond motifs is 1. The average Bonchev–Trinajstić information content (AvgIpc) is 2.77. The number of carbonyl (C=O) groups is 1. The third-order valence-electron chi connectivity index (χ3n) is 3.43. The number of nitrogens with two attached hydrogens (primary N) is 1. The average molecular weight is 337 g/mol. The Balaban J connectivity index is 0.00000121. The second-order valence-corrected chi connectivity index (χ2v) is 5.13. The number of carbonyl (C=O) groups excluding carboxylic acids is 1. The molecule has 2 aromatic carbocycles. The Hall–Kier alpha value is -1.97. The Morgan fingerprint density at radius 1 is 0.955 bits per heavy atom. The van der Waals surface area contributed by atoms with Crippen LogP contribution in [0, 0.1) is 13.8 Å². The van der Waals surface area contributed by atoms with Crippen molar-refractivity contribution in [1.82, 2.24) is 4.57 Å². The number of nitrogens with zero attached hydrogens (tertiary/aromatic N) is 1. The molecule has 0 aliphatic heterocycles. The molecule has 1 aromatic heterocycles. The first-order valence-electron chi connectivity index (χ1n) is 6.55. The second-order valence-electron chi connectivity index (χ2n) is 5.13. The van der Waals surface area contributed by atoms with E-state index >= 15 is 0 Å². The van der Waals surface area contributed by atoms with Crippen molar-refractivity contribution in [1.29, 1.82) is 0 Å². The van der Waals surface area contributed by atoms with E-state index in [2.05, 4.69) is 18.2 Å². The largest absolute Gasteiger partial charge is 0.364 e. The molecule has 0 radical (unpaired) electrons. The van der Waals surface area contributed by atoms with Gasteiger partial charge >= 0.3 is 0 Å². The molecule has 5 heteroatoms. The van der Waals surface area contributed by atoms with Crippen LogP contribution in [0.2, 0.25) is 0 Å². The number of hydrogen-bond acceptors (Lipinski definition) is 1. The fraction of sp³-hybridized carbons (Fsp3) is 0.118. The van der Waals surface area contributed by atoms with Gasteiger partial charge in [-0.3, -0.25) is 4.79 Å². The van der Waals surface area contributed by atoms with Gasteiger partial charge < -0.3 is 10.3 Å². The molecule has 0 aliphatic rings. The van der Waals surface area contributed by atoms with E-state index in [1.807, 2.05) is 48.7 Å². The van der Waals surface area contributed by atoms with Gasteiger partial charge in [-0.15, -0.1) is 24.8 Å². The molecular formula is C17H18Cl2N2O. The molecule has 0 bridgehead atoms. The van der Waals surface area contributed by atoms with Crippen molar-refractivity contribution < 1.29 is 4.79 Å². The monoisotopic (exact) mass is 336 g/mol. The summed E-state index contributed by atoms with van der Waals surface area (Å²) in [6, 6.07) is 16.0. The fourth-order valence-electron chi connectivity index (χ4n) is 2.69. The molecule has 0 unspecified atom stereocenters. The highest BCUT2D eigenvalue weighted by atomic mass is 35.5. The van der Waals surface area contributed by atoms with Crippen molar-refractivity contribution >= 4 is 41.6 Å². The van der Waals surface area contributed by atoms with E-state index in [0.717, 1.165) is 27.7 Å². The minimum absolute atomic E-state index is 0. The highest BCUT2D eigenvalue weighted by Crippen LogP contribution is 2.25. The first kappa shape index (κ1) is 18.1. The lowest BCUT2D eigenvalue weighted by Crippen LogP contribution is -2.16. The van der Waals surface area contributed by atoms with E-state index in [1.165, 1.54) is 0 Å². The number of rotatable bonds is 2. The van der Waals surface area contributed by atoms with E-state index in [9.17, 15) is 4.79 Å². The lowest BCUT2D eigenvalue weighted by molar-refractivity contribution is 0.0994. The predicted octanol–water partition coefficient (Wildman–Crippen LogP) is 4.19. The number of benzene rings is 2. The van der Waals surface area contributed by atoms with E-state index in [4.69, 9.17) is 5.73 Å². The number of hydrogen-bond donors (Lipinski definition) is 1. The Kier molecular flexibility index (Phi) is 5.64. The third-order valence-corrected chi connectivity index (χ3v) is 3.43. The van der Waals surface area contributed by atoms with Crippen LogP contribution >= 0.6 is 24.8 Å². The van der Waals surface area contributed by atoms with Crippen LogP contribution in [-0.4, -0.2) is 10.5 Å². The summed E-state index contributed by atoms with van der Waals surface area (Å²) in [5.74, 6) is -0.416. The number of halogens is 2. The van der Waals surface area contributed by atoms with Gasteiger partial charge in [0.15, 0.2) is 0 Å². The van der Waals surface area contributed by atoms with Crippen molar-refractivity contribution in [3.63, 3.8) is 0 Å². The molecule has 1 heterocycles. The molecule has 0 aliphatic carbocycles. The summed E-state index contributed by atoms with van der Waals surface area (Å²) in [5.41, 5.74) is 10.3. The second kappa shape index (κ2) is 6.86. The first-order chi connectivity index (χ1) is 9.56. The lowest BCUT2D eigenvalue weighted by Gasteiger charge is -2.11. The Bertz CT molecular complexity index is 804. The van der Waals surface area contributed by atoms with Crippen LogP contribution < -0.4 is 5.73 Å². The Labute approximate surface area is 141 Å². The lowest BCUT2D eigenvalue weighted by atomic mass is 10.1. The zero-order valence-corrected chi connectivity index (χ0v) is 14.0. The van der Waals surface area contributed by atoms with Gasteiger partial charge in [-0.2, -0.15) is 0 Å². The van der Waals surface area contributed by atoms with E-state index in [1.54, 1.807) is 0 Å². The van der Waals surface area contributed by atoms with Gasteiger partial charge in [0.05, 0.1) is 5.52 Å². The normalized spacial score (nSPS) is 9.91. The number of aromatic nitrogens is 1. The van der Waals surface area contributed by atoms with Gasteiger partial charge in [0, 0.05) is 11.1 Å². The maximum absolute atomic E-state index is 11.7. The molecule has 0 spiro atoms. The molecular weight excluding hydrogens is 319 g/mol. The molecule has 2 N–H and O–H groups in total. The summed E-state index contributed by atoms with van der Waals surface area (Å²) in [7, 11) is 0. The van der Waals surface area contributed by atoms with Crippen molar-refractivity contribution in [2.75, 3.05) is 0 Å². The van der Waals surface area contributed by atoms with Gasteiger partial charge in [0.1, 0.15) is 5.69 Å². The molecule has 0 saturated carbocycles. The standard InChI is InChI=1S/C17H16N2O.2ClH/c1-11-7-12(2)9-14(8-11)19-15-6-4-3-5-13(15)10-16(19)17(18)20;;/h3-10H,1-2H3,(H2,18,20);2*1H. The summed E-state index contributed by atoms with van der Waals surface area (Å²) in [5, 5.41) is 1.01. The zero-order chi connectivity index (χ0) is 14.3. The molecule has 3 rings (SSSR count). The third kappa shape index (κ3) is 3.11. The minimum atomic E-state index is -0.416. The van der Waals surface area contributed by atoms with Crippen LogP contribution in [0.4, 0.5) is 0 Å². The van der Waals surface area contributed by atoms with Gasteiger partial charge in [-0.05, 0) is 49.2 Å². The fourth-order valence-corrected chi connectivity index (χ4v) is 2.69. The Morgan fingerprint density at radius 2 is 1.55 bits per heavy atom. The van der Waals surface area contributed by atoms with E-state index in [0.29, 0.717) is 5.69 Å². The van der Waals surface area contributed by atoms with Gasteiger partial charge in [-0.1, -0.05) is 24.3 Å². The van der Waals surface area contributed by atoms with Crippen LogP contribution in [0.5, 0.6) is 0 Å². The zero-order valence-electron chi connectivity index (χ0n) is 12.4. The molecule has 3 nitrogen and oxygen atoms in total. The van der Waals surface area contributed by atoms with Crippen molar-refractivity contribution in [2.24, 2.45) is 5.73 Å². The highest BCUT2D eigenvalue weighted by molar-refractivity contribution is 5.99. The van der Waals surface area contributed by atoms with Crippen LogP contribution in [-0.2, 0) is 0 Å². The molecule has 0 fully saturated rings. The maximum atomic E-state index is 11.7. The number of primary amides is 1. The van der Waals surface area contributed by atoms with Crippen molar-refractivity contribution in [3.8, 4) is 5.69 Å². The van der Waals surface area contributed by atoms with E-state index in [-0.39, 0.29) is 24.8 Å². The summed E-state index contributed by atoms with van der Waals surface area (Å²) in [6.07, 6.45) is 0. The van der Waals surface area contributed by atoms with Crippen LogP contribution in [0.3, 0.4) is 0 Å². The first-order valence-corrected chi connectivity index (χ1v) is 6.55. The van der Waals surface area contributed by atoms with Gasteiger partial charge in [0.25, 0.3) is 5.91 Å². The maximum Gasteiger partial charge on any atom is 0.265 e. The molecule has 22 heavy (non-hydrogen) atoms. The van der Waals surface area contributed by atoms with Gasteiger partial charge in [-0.25, -0.2) is 0 Å². The molecule has 3 aromatic rings. The van der Waals surface area contributed by atoms with Crippen LogP contribution in [0.25, 0.3) is 16.6 Å². The summed E-state index contributed by atoms with van der Waals surface area (Å²) < 4.78 is 1.93. The molecule has 1 amide bonds. The van der Waals surface area contributed by atoms with Crippen LogP contribution in [0.15, 0.2) is 48.5 Å². The predicted molar refractivity (Wildman–Crippen MR) is 95.8 cm³/mol. The smallest absolute Gasteiger partial charge is 0.265 e. The summed E-state index contributed by atoms with van der Waals surface area (Å²) >= 11 is 0. The number of para-hydroxylation sites is 1. The number of aryl methyl sites for hydroxylation is 2.